The van der Waals surface area contributed by atoms with Crippen LogP contribution in [0, 0.1) is 0 Å². The molecule has 2 N–H and O–H groups in total. The van der Waals surface area contributed by atoms with Crippen LogP contribution in [-0.2, 0) is 4.79 Å². The molecule has 30 heavy (non-hydrogen) atoms. The largest absolute Gasteiger partial charge is 0.363 e. The third-order valence-corrected chi connectivity index (χ3v) is 4.73. The molecule has 0 saturated heterocycles. The first kappa shape index (κ1) is 19.3. The molecule has 0 spiro atoms. The molecule has 0 fully saturated rings. The highest BCUT2D eigenvalue weighted by Crippen LogP contribution is 2.23. The van der Waals surface area contributed by atoms with E-state index in [1.54, 1.807) is 12.1 Å². The standard InChI is InChI=1S/C23H21N5O2/c1-28(2)19-13-12-16(14-24-19)22(29)27-21-23(30)25-18-11-7-6-10-17(18)20(26-21)15-8-4-3-5-9-15/h3-14,21H,1-2H3,(H,25,30)(H,27,29). The Bertz CT molecular complexity index is 1110. The van der Waals surface area contributed by atoms with E-state index in [1.807, 2.05) is 73.6 Å². The van der Waals surface area contributed by atoms with E-state index in [0.717, 1.165) is 16.9 Å². The van der Waals surface area contributed by atoms with Gasteiger partial charge >= 0.3 is 0 Å². The normalized spacial score (nSPS) is 15.3. The third-order valence-electron chi connectivity index (χ3n) is 4.73. The van der Waals surface area contributed by atoms with Crippen LogP contribution in [0.15, 0.2) is 77.9 Å². The van der Waals surface area contributed by atoms with Gasteiger partial charge in [0.1, 0.15) is 5.82 Å². The van der Waals surface area contributed by atoms with Crippen LogP contribution in [0.3, 0.4) is 0 Å². The summed E-state index contributed by atoms with van der Waals surface area (Å²) in [4.78, 5) is 36.3. The molecule has 150 valence electrons. The molecular formula is C23H21N5O2. The van der Waals surface area contributed by atoms with Gasteiger partial charge < -0.3 is 15.5 Å². The van der Waals surface area contributed by atoms with Crippen molar-refractivity contribution < 1.29 is 9.59 Å². The average molecular weight is 399 g/mol. The van der Waals surface area contributed by atoms with Gasteiger partial charge in [-0.1, -0.05) is 48.5 Å². The SMILES string of the molecule is CN(C)c1ccc(C(=O)NC2N=C(c3ccccc3)c3ccccc3NC2=O)cn1. The van der Waals surface area contributed by atoms with E-state index in [0.29, 0.717) is 17.0 Å². The maximum absolute atomic E-state index is 12.8. The summed E-state index contributed by atoms with van der Waals surface area (Å²) in [5.74, 6) is -0.0896. The first-order chi connectivity index (χ1) is 14.5. The second-order valence-corrected chi connectivity index (χ2v) is 7.05. The van der Waals surface area contributed by atoms with Gasteiger partial charge in [0.2, 0.25) is 6.17 Å². The molecule has 1 aromatic heterocycles. The lowest BCUT2D eigenvalue weighted by Gasteiger charge is -2.14. The van der Waals surface area contributed by atoms with Gasteiger partial charge in [-0.25, -0.2) is 9.98 Å². The Hall–Kier alpha value is -4.00. The quantitative estimate of drug-likeness (QED) is 0.706. The van der Waals surface area contributed by atoms with Crippen LogP contribution in [0.1, 0.15) is 21.5 Å². The molecule has 1 unspecified atom stereocenters. The highest BCUT2D eigenvalue weighted by Gasteiger charge is 2.27. The molecule has 1 atom stereocenters. The number of fused-ring (bicyclic) bond motifs is 1. The predicted octanol–water partition coefficient (Wildman–Crippen LogP) is 2.69. The Labute approximate surface area is 174 Å². The number of hydrogen-bond donors (Lipinski definition) is 2. The van der Waals surface area contributed by atoms with E-state index < -0.39 is 18.0 Å². The fraction of sp³-hybridized carbons (Fsp3) is 0.130. The molecule has 7 heteroatoms. The Balaban J connectivity index is 1.67. The summed E-state index contributed by atoms with van der Waals surface area (Å²) in [6.45, 7) is 0. The minimum Gasteiger partial charge on any atom is -0.363 e. The minimum atomic E-state index is -1.08. The van der Waals surface area contributed by atoms with Gasteiger partial charge in [-0.3, -0.25) is 9.59 Å². The van der Waals surface area contributed by atoms with Crippen molar-refractivity contribution in [3.63, 3.8) is 0 Å². The van der Waals surface area contributed by atoms with Crippen molar-refractivity contribution in [3.8, 4) is 0 Å². The third kappa shape index (κ3) is 3.91. The fourth-order valence-electron chi connectivity index (χ4n) is 3.17. The second-order valence-electron chi connectivity index (χ2n) is 7.05. The molecule has 3 aromatic rings. The van der Waals surface area contributed by atoms with Crippen LogP contribution in [0.25, 0.3) is 0 Å². The molecule has 0 saturated carbocycles. The van der Waals surface area contributed by atoms with Gasteiger partial charge in [-0.2, -0.15) is 0 Å². The summed E-state index contributed by atoms with van der Waals surface area (Å²) in [6.07, 6.45) is 0.407. The number of benzene rings is 2. The van der Waals surface area contributed by atoms with E-state index >= 15 is 0 Å². The number of nitrogens with zero attached hydrogens (tertiary/aromatic N) is 3. The van der Waals surface area contributed by atoms with Gasteiger partial charge in [0.15, 0.2) is 0 Å². The van der Waals surface area contributed by atoms with Crippen LogP contribution >= 0.6 is 0 Å². The summed E-state index contributed by atoms with van der Waals surface area (Å²) in [6, 6.07) is 20.5. The van der Waals surface area contributed by atoms with Crippen molar-refractivity contribution >= 4 is 29.0 Å². The number of amides is 2. The molecule has 4 rings (SSSR count). The van der Waals surface area contributed by atoms with Crippen LogP contribution in [0.4, 0.5) is 11.5 Å². The van der Waals surface area contributed by atoms with E-state index in [-0.39, 0.29) is 0 Å². The van der Waals surface area contributed by atoms with Crippen molar-refractivity contribution in [2.75, 3.05) is 24.3 Å². The molecule has 1 aliphatic heterocycles. The predicted molar refractivity (Wildman–Crippen MR) is 117 cm³/mol. The number of anilines is 2. The van der Waals surface area contributed by atoms with Gasteiger partial charge in [0.05, 0.1) is 17.0 Å². The van der Waals surface area contributed by atoms with Crippen molar-refractivity contribution in [1.29, 1.82) is 0 Å². The molecule has 0 radical (unpaired) electrons. The molecule has 2 heterocycles. The summed E-state index contributed by atoms with van der Waals surface area (Å²) >= 11 is 0. The number of carbonyl (C=O) groups is 2. The van der Waals surface area contributed by atoms with Crippen molar-refractivity contribution in [2.24, 2.45) is 4.99 Å². The Kier molecular flexibility index (Phi) is 5.26. The van der Waals surface area contributed by atoms with Crippen LogP contribution < -0.4 is 15.5 Å². The molecule has 0 bridgehead atoms. The molecule has 0 aliphatic carbocycles. The van der Waals surface area contributed by atoms with Crippen molar-refractivity contribution in [2.45, 2.75) is 6.17 Å². The fourth-order valence-corrected chi connectivity index (χ4v) is 3.17. The van der Waals surface area contributed by atoms with E-state index in [1.165, 1.54) is 6.20 Å². The zero-order valence-corrected chi connectivity index (χ0v) is 16.7. The number of nitrogens with one attached hydrogen (secondary N) is 2. The lowest BCUT2D eigenvalue weighted by molar-refractivity contribution is -0.117. The minimum absolute atomic E-state index is 0.353. The van der Waals surface area contributed by atoms with Crippen LogP contribution in [0.2, 0.25) is 0 Å². The lowest BCUT2D eigenvalue weighted by Crippen LogP contribution is -2.42. The molecule has 2 aromatic carbocycles. The number of rotatable bonds is 4. The Morgan fingerprint density at radius 2 is 1.73 bits per heavy atom. The maximum Gasteiger partial charge on any atom is 0.269 e. The van der Waals surface area contributed by atoms with Gasteiger partial charge in [-0.15, -0.1) is 0 Å². The summed E-state index contributed by atoms with van der Waals surface area (Å²) in [5.41, 5.74) is 3.30. The summed E-state index contributed by atoms with van der Waals surface area (Å²) in [7, 11) is 3.74. The number of benzodiazepines with no additional fused rings is 1. The number of carbonyl (C=O) groups excluding carboxylic acids is 2. The number of pyridine rings is 1. The molecular weight excluding hydrogens is 378 g/mol. The highest BCUT2D eigenvalue weighted by atomic mass is 16.2. The van der Waals surface area contributed by atoms with E-state index in [2.05, 4.69) is 20.6 Å². The lowest BCUT2D eigenvalue weighted by atomic mass is 10.0. The first-order valence-electron chi connectivity index (χ1n) is 9.50. The molecule has 2 amide bonds. The molecule has 7 nitrogen and oxygen atoms in total. The van der Waals surface area contributed by atoms with E-state index in [9.17, 15) is 9.59 Å². The van der Waals surface area contributed by atoms with E-state index in [4.69, 9.17) is 0 Å². The Morgan fingerprint density at radius 1 is 1.00 bits per heavy atom. The summed E-state index contributed by atoms with van der Waals surface area (Å²) in [5, 5.41) is 5.58. The Morgan fingerprint density at radius 3 is 2.43 bits per heavy atom. The summed E-state index contributed by atoms with van der Waals surface area (Å²) < 4.78 is 0. The monoisotopic (exact) mass is 399 g/mol. The maximum atomic E-state index is 12.8. The number of para-hydroxylation sites is 1. The van der Waals surface area contributed by atoms with Crippen molar-refractivity contribution in [1.82, 2.24) is 10.3 Å². The highest BCUT2D eigenvalue weighted by molar-refractivity contribution is 6.20. The zero-order chi connectivity index (χ0) is 21.1. The zero-order valence-electron chi connectivity index (χ0n) is 16.7. The number of aromatic nitrogens is 1. The average Bonchev–Trinajstić information content (AvgIpc) is 2.91. The second kappa shape index (κ2) is 8.16. The molecule has 1 aliphatic rings. The van der Waals surface area contributed by atoms with Crippen molar-refractivity contribution in [3.05, 3.63) is 89.6 Å². The number of aliphatic imine (C=N–C) groups is 1. The van der Waals surface area contributed by atoms with Crippen LogP contribution in [-0.4, -0.2) is 42.8 Å². The van der Waals surface area contributed by atoms with Crippen LogP contribution in [0.5, 0.6) is 0 Å². The topological polar surface area (TPSA) is 86.7 Å². The number of hydrogen-bond acceptors (Lipinski definition) is 5. The van der Waals surface area contributed by atoms with Gasteiger partial charge in [0.25, 0.3) is 11.8 Å². The van der Waals surface area contributed by atoms with Gasteiger partial charge in [0, 0.05) is 31.4 Å². The first-order valence-corrected chi connectivity index (χ1v) is 9.50. The smallest absolute Gasteiger partial charge is 0.269 e. The van der Waals surface area contributed by atoms with Gasteiger partial charge in [-0.05, 0) is 18.2 Å².